The topological polar surface area (TPSA) is 17.1 Å². The standard InChI is InChI=1S/C14H26O/c1-6-14(4,5)13(15)12-8-7-10(2)9-11(12)3/h10-12H,6-9H2,1-5H3. The van der Waals surface area contributed by atoms with E-state index in [2.05, 4.69) is 34.6 Å². The Hall–Kier alpha value is -0.330. The molecular formula is C14H26O. The minimum atomic E-state index is -0.112. The third-order valence-electron chi connectivity index (χ3n) is 4.32. The molecule has 1 aliphatic carbocycles. The van der Waals surface area contributed by atoms with Gasteiger partial charge < -0.3 is 0 Å². The summed E-state index contributed by atoms with van der Waals surface area (Å²) < 4.78 is 0. The lowest BCUT2D eigenvalue weighted by Gasteiger charge is -2.36. The van der Waals surface area contributed by atoms with E-state index in [4.69, 9.17) is 0 Å². The molecule has 3 atom stereocenters. The first-order chi connectivity index (χ1) is 6.88. The molecule has 88 valence electrons. The molecule has 1 fully saturated rings. The fourth-order valence-corrected chi connectivity index (χ4v) is 2.73. The Morgan fingerprint density at radius 3 is 2.33 bits per heavy atom. The Kier molecular flexibility index (Phi) is 3.97. The van der Waals surface area contributed by atoms with Gasteiger partial charge in [0.2, 0.25) is 0 Å². The van der Waals surface area contributed by atoms with Crippen molar-refractivity contribution in [2.45, 2.75) is 60.3 Å². The zero-order chi connectivity index (χ0) is 11.6. The zero-order valence-corrected chi connectivity index (χ0v) is 11.0. The maximum Gasteiger partial charge on any atom is 0.141 e. The van der Waals surface area contributed by atoms with E-state index in [9.17, 15) is 4.79 Å². The van der Waals surface area contributed by atoms with Crippen LogP contribution in [-0.2, 0) is 4.79 Å². The molecule has 0 aromatic carbocycles. The monoisotopic (exact) mass is 210 g/mol. The van der Waals surface area contributed by atoms with Crippen molar-refractivity contribution in [1.82, 2.24) is 0 Å². The molecule has 0 heterocycles. The average Bonchev–Trinajstić information content (AvgIpc) is 2.17. The molecule has 1 saturated carbocycles. The Labute approximate surface area is 94.6 Å². The normalized spacial score (nSPS) is 32.7. The highest BCUT2D eigenvalue weighted by Gasteiger charge is 2.37. The molecule has 3 unspecified atom stereocenters. The Morgan fingerprint density at radius 1 is 1.27 bits per heavy atom. The fourth-order valence-electron chi connectivity index (χ4n) is 2.73. The van der Waals surface area contributed by atoms with Crippen LogP contribution in [0.25, 0.3) is 0 Å². The first-order valence-corrected chi connectivity index (χ1v) is 6.42. The minimum Gasteiger partial charge on any atom is -0.299 e. The van der Waals surface area contributed by atoms with Gasteiger partial charge in [0.25, 0.3) is 0 Å². The number of carbonyl (C=O) groups excluding carboxylic acids is 1. The highest BCUT2D eigenvalue weighted by atomic mass is 16.1. The number of carbonyl (C=O) groups is 1. The highest BCUT2D eigenvalue weighted by Crippen LogP contribution is 2.38. The molecule has 1 aliphatic rings. The maximum atomic E-state index is 12.4. The molecule has 1 nitrogen and oxygen atoms in total. The molecule has 0 amide bonds. The molecule has 0 spiro atoms. The van der Waals surface area contributed by atoms with E-state index in [0.29, 0.717) is 17.6 Å². The van der Waals surface area contributed by atoms with Gasteiger partial charge in [0, 0.05) is 11.3 Å². The molecule has 1 rings (SSSR count). The van der Waals surface area contributed by atoms with Crippen LogP contribution in [0.4, 0.5) is 0 Å². The van der Waals surface area contributed by atoms with Gasteiger partial charge in [0.15, 0.2) is 0 Å². The summed E-state index contributed by atoms with van der Waals surface area (Å²) in [4.78, 5) is 12.4. The number of rotatable bonds is 3. The van der Waals surface area contributed by atoms with Gasteiger partial charge in [-0.15, -0.1) is 0 Å². The average molecular weight is 210 g/mol. The number of hydrogen-bond donors (Lipinski definition) is 0. The molecule has 0 saturated heterocycles. The van der Waals surface area contributed by atoms with Crippen LogP contribution in [0.3, 0.4) is 0 Å². The Balaban J connectivity index is 2.68. The lowest BCUT2D eigenvalue weighted by atomic mass is 9.68. The van der Waals surface area contributed by atoms with Crippen molar-refractivity contribution in [3.63, 3.8) is 0 Å². The lowest BCUT2D eigenvalue weighted by Crippen LogP contribution is -2.36. The smallest absolute Gasteiger partial charge is 0.141 e. The lowest BCUT2D eigenvalue weighted by molar-refractivity contribution is -0.134. The van der Waals surface area contributed by atoms with Gasteiger partial charge >= 0.3 is 0 Å². The third-order valence-corrected chi connectivity index (χ3v) is 4.32. The van der Waals surface area contributed by atoms with Crippen LogP contribution in [0.2, 0.25) is 0 Å². The van der Waals surface area contributed by atoms with Gasteiger partial charge in [0.05, 0.1) is 0 Å². The van der Waals surface area contributed by atoms with Crippen LogP contribution in [0.15, 0.2) is 0 Å². The predicted octanol–water partition coefficient (Wildman–Crippen LogP) is 4.06. The van der Waals surface area contributed by atoms with Gasteiger partial charge in [0.1, 0.15) is 5.78 Å². The van der Waals surface area contributed by atoms with Crippen molar-refractivity contribution < 1.29 is 4.79 Å². The molecule has 0 aliphatic heterocycles. The van der Waals surface area contributed by atoms with Crippen molar-refractivity contribution >= 4 is 5.78 Å². The van der Waals surface area contributed by atoms with Crippen LogP contribution in [0.5, 0.6) is 0 Å². The second kappa shape index (κ2) is 4.67. The summed E-state index contributed by atoms with van der Waals surface area (Å²) >= 11 is 0. The van der Waals surface area contributed by atoms with Gasteiger partial charge in [-0.25, -0.2) is 0 Å². The van der Waals surface area contributed by atoms with Crippen LogP contribution in [0, 0.1) is 23.2 Å². The first kappa shape index (κ1) is 12.7. The van der Waals surface area contributed by atoms with Crippen LogP contribution in [0.1, 0.15) is 60.3 Å². The SMILES string of the molecule is CCC(C)(C)C(=O)C1CCC(C)CC1C. The summed E-state index contributed by atoms with van der Waals surface area (Å²) in [7, 11) is 0. The van der Waals surface area contributed by atoms with Crippen LogP contribution in [-0.4, -0.2) is 5.78 Å². The van der Waals surface area contributed by atoms with Gasteiger partial charge in [-0.1, -0.05) is 41.0 Å². The molecule has 0 aromatic heterocycles. The summed E-state index contributed by atoms with van der Waals surface area (Å²) in [5, 5.41) is 0. The largest absolute Gasteiger partial charge is 0.299 e. The van der Waals surface area contributed by atoms with Crippen molar-refractivity contribution in [1.29, 1.82) is 0 Å². The van der Waals surface area contributed by atoms with E-state index in [0.717, 1.165) is 18.8 Å². The van der Waals surface area contributed by atoms with Crippen molar-refractivity contribution in [2.24, 2.45) is 23.2 Å². The van der Waals surface area contributed by atoms with Crippen molar-refractivity contribution in [3.05, 3.63) is 0 Å². The van der Waals surface area contributed by atoms with Crippen molar-refractivity contribution in [3.8, 4) is 0 Å². The highest BCUT2D eigenvalue weighted by molar-refractivity contribution is 5.86. The van der Waals surface area contributed by atoms with Gasteiger partial charge in [-0.2, -0.15) is 0 Å². The van der Waals surface area contributed by atoms with E-state index in [1.54, 1.807) is 0 Å². The summed E-state index contributed by atoms with van der Waals surface area (Å²) in [6.07, 6.45) is 4.55. The summed E-state index contributed by atoms with van der Waals surface area (Å²) in [6.45, 7) is 10.9. The van der Waals surface area contributed by atoms with Crippen LogP contribution >= 0.6 is 0 Å². The molecular weight excluding hydrogens is 184 g/mol. The second-order valence-corrected chi connectivity index (χ2v) is 6.10. The van der Waals surface area contributed by atoms with Crippen molar-refractivity contribution in [2.75, 3.05) is 0 Å². The summed E-state index contributed by atoms with van der Waals surface area (Å²) in [5.74, 6) is 2.24. The molecule has 0 radical (unpaired) electrons. The maximum absolute atomic E-state index is 12.4. The second-order valence-electron chi connectivity index (χ2n) is 6.10. The molecule has 1 heteroatoms. The quantitative estimate of drug-likeness (QED) is 0.686. The molecule has 0 bridgehead atoms. The number of ketones is 1. The summed E-state index contributed by atoms with van der Waals surface area (Å²) in [5.41, 5.74) is -0.112. The molecule has 0 aromatic rings. The minimum absolute atomic E-state index is 0.112. The van der Waals surface area contributed by atoms with Crippen LogP contribution < -0.4 is 0 Å². The number of hydrogen-bond acceptors (Lipinski definition) is 1. The van der Waals surface area contributed by atoms with E-state index in [1.807, 2.05) is 0 Å². The number of Topliss-reactive ketones (excluding diaryl/α,β-unsaturated/α-hetero) is 1. The van der Waals surface area contributed by atoms with E-state index >= 15 is 0 Å². The Bertz CT molecular complexity index is 229. The summed E-state index contributed by atoms with van der Waals surface area (Å²) in [6, 6.07) is 0. The Morgan fingerprint density at radius 2 is 1.87 bits per heavy atom. The molecule has 0 N–H and O–H groups in total. The van der Waals surface area contributed by atoms with E-state index in [-0.39, 0.29) is 5.41 Å². The van der Waals surface area contributed by atoms with Gasteiger partial charge in [-0.3, -0.25) is 4.79 Å². The predicted molar refractivity (Wildman–Crippen MR) is 64.7 cm³/mol. The molecule has 15 heavy (non-hydrogen) atoms. The third kappa shape index (κ3) is 2.83. The van der Waals surface area contributed by atoms with E-state index in [1.165, 1.54) is 12.8 Å². The van der Waals surface area contributed by atoms with E-state index < -0.39 is 0 Å². The zero-order valence-electron chi connectivity index (χ0n) is 11.0. The first-order valence-electron chi connectivity index (χ1n) is 6.42. The van der Waals surface area contributed by atoms with Gasteiger partial charge in [-0.05, 0) is 31.1 Å². The fraction of sp³-hybridized carbons (Fsp3) is 0.929.